The number of carbonyl (C=O) groups is 1. The summed E-state index contributed by atoms with van der Waals surface area (Å²) in [7, 11) is 4.23. The Kier molecular flexibility index (Phi) is 5.86. The van der Waals surface area contributed by atoms with Crippen molar-refractivity contribution >= 4 is 11.7 Å². The average Bonchev–Trinajstić information content (AvgIpc) is 2.55. The SMILES string of the molecule is C[NH+](C)[C@H]1CCc2ccccc2[C@H]1OC(=O)c1ccc(N)cc1.[Cl-]. The molecule has 3 N–H and O–H groups in total. The molecule has 2 atom stereocenters. The van der Waals surface area contributed by atoms with Crippen molar-refractivity contribution in [2.75, 3.05) is 19.8 Å². The van der Waals surface area contributed by atoms with Crippen LogP contribution in [0.3, 0.4) is 0 Å². The van der Waals surface area contributed by atoms with E-state index in [1.807, 2.05) is 12.1 Å². The molecule has 128 valence electrons. The van der Waals surface area contributed by atoms with Crippen molar-refractivity contribution in [3.8, 4) is 0 Å². The maximum absolute atomic E-state index is 12.5. The molecule has 3 rings (SSSR count). The van der Waals surface area contributed by atoms with Crippen LogP contribution in [0, 0.1) is 0 Å². The predicted molar refractivity (Wildman–Crippen MR) is 90.4 cm³/mol. The number of ether oxygens (including phenoxy) is 1. The molecule has 24 heavy (non-hydrogen) atoms. The summed E-state index contributed by atoms with van der Waals surface area (Å²) in [6, 6.07) is 15.4. The third-order valence-electron chi connectivity index (χ3n) is 4.57. The van der Waals surface area contributed by atoms with Gasteiger partial charge in [-0.2, -0.15) is 0 Å². The molecule has 5 heteroatoms. The van der Waals surface area contributed by atoms with E-state index in [2.05, 4.69) is 26.2 Å². The molecular formula is C19H23ClN2O2. The molecule has 0 unspecified atom stereocenters. The van der Waals surface area contributed by atoms with E-state index in [-0.39, 0.29) is 30.5 Å². The highest BCUT2D eigenvalue weighted by atomic mass is 35.5. The molecule has 2 aromatic rings. The van der Waals surface area contributed by atoms with Gasteiger partial charge in [0.25, 0.3) is 0 Å². The van der Waals surface area contributed by atoms with Crippen LogP contribution in [0.2, 0.25) is 0 Å². The van der Waals surface area contributed by atoms with Gasteiger partial charge in [0.15, 0.2) is 6.10 Å². The summed E-state index contributed by atoms with van der Waals surface area (Å²) >= 11 is 0. The molecule has 0 aliphatic heterocycles. The summed E-state index contributed by atoms with van der Waals surface area (Å²) in [5.74, 6) is -0.294. The minimum absolute atomic E-state index is 0. The van der Waals surface area contributed by atoms with Crippen LogP contribution in [0.1, 0.15) is 34.0 Å². The molecule has 0 bridgehead atoms. The summed E-state index contributed by atoms with van der Waals surface area (Å²) in [6.45, 7) is 0. The van der Waals surface area contributed by atoms with Gasteiger partial charge in [-0.25, -0.2) is 4.79 Å². The van der Waals surface area contributed by atoms with Crippen molar-refractivity contribution < 1.29 is 26.8 Å². The largest absolute Gasteiger partial charge is 1.00 e. The molecule has 0 fully saturated rings. The van der Waals surface area contributed by atoms with Gasteiger partial charge in [0.2, 0.25) is 0 Å². The lowest BCUT2D eigenvalue weighted by molar-refractivity contribution is -0.891. The zero-order valence-electron chi connectivity index (χ0n) is 14.0. The number of carbonyl (C=O) groups excluding carboxylic acids is 1. The van der Waals surface area contributed by atoms with Crippen molar-refractivity contribution in [3.63, 3.8) is 0 Å². The Morgan fingerprint density at radius 3 is 2.46 bits per heavy atom. The normalized spacial score (nSPS) is 19.3. The van der Waals surface area contributed by atoms with Crippen molar-refractivity contribution in [2.45, 2.75) is 25.0 Å². The number of hydrogen-bond donors (Lipinski definition) is 2. The molecule has 0 saturated heterocycles. The van der Waals surface area contributed by atoms with Crippen LogP contribution in [-0.2, 0) is 11.2 Å². The number of nitrogen functional groups attached to an aromatic ring is 1. The Bertz CT molecular complexity index is 701. The summed E-state index contributed by atoms with van der Waals surface area (Å²) in [5, 5.41) is 0. The highest BCUT2D eigenvalue weighted by Gasteiger charge is 2.36. The van der Waals surface area contributed by atoms with E-state index in [9.17, 15) is 4.79 Å². The van der Waals surface area contributed by atoms with E-state index in [4.69, 9.17) is 10.5 Å². The Balaban J connectivity index is 0.00000208. The van der Waals surface area contributed by atoms with Crippen LogP contribution in [0.25, 0.3) is 0 Å². The standard InChI is InChI=1S/C19H22N2O2.ClH/c1-21(2)17-12-9-13-5-3-4-6-16(13)18(17)23-19(22)14-7-10-15(20)11-8-14;/h3-8,10-11,17-18H,9,12,20H2,1-2H3;1H/t17-,18+;/m0./s1. The average molecular weight is 347 g/mol. The summed E-state index contributed by atoms with van der Waals surface area (Å²) in [6.07, 6.45) is 1.83. The zero-order chi connectivity index (χ0) is 16.4. The number of halogens is 1. The van der Waals surface area contributed by atoms with Crippen molar-refractivity contribution in [1.82, 2.24) is 0 Å². The first-order chi connectivity index (χ1) is 11.1. The zero-order valence-corrected chi connectivity index (χ0v) is 14.7. The van der Waals surface area contributed by atoms with E-state index in [0.717, 1.165) is 18.4 Å². The Morgan fingerprint density at radius 2 is 1.79 bits per heavy atom. The lowest BCUT2D eigenvalue weighted by Crippen LogP contribution is -3.11. The molecule has 0 heterocycles. The number of esters is 1. The minimum atomic E-state index is -0.294. The van der Waals surface area contributed by atoms with Gasteiger partial charge in [0.05, 0.1) is 19.7 Å². The third kappa shape index (κ3) is 3.71. The molecule has 2 aromatic carbocycles. The van der Waals surface area contributed by atoms with Gasteiger partial charge in [-0.1, -0.05) is 24.3 Å². The maximum Gasteiger partial charge on any atom is 0.338 e. The minimum Gasteiger partial charge on any atom is -1.00 e. The van der Waals surface area contributed by atoms with Crippen molar-refractivity contribution in [2.24, 2.45) is 0 Å². The van der Waals surface area contributed by atoms with Gasteiger partial charge in [-0.3, -0.25) is 0 Å². The first kappa shape index (κ1) is 18.3. The fourth-order valence-corrected chi connectivity index (χ4v) is 3.26. The van der Waals surface area contributed by atoms with Gasteiger partial charge in [-0.05, 0) is 36.2 Å². The highest BCUT2D eigenvalue weighted by molar-refractivity contribution is 5.90. The molecule has 1 aliphatic rings. The number of benzene rings is 2. The van der Waals surface area contributed by atoms with Gasteiger partial charge in [-0.15, -0.1) is 0 Å². The summed E-state index contributed by atoms with van der Waals surface area (Å²) < 4.78 is 5.92. The third-order valence-corrected chi connectivity index (χ3v) is 4.57. The number of anilines is 1. The molecule has 0 spiro atoms. The highest BCUT2D eigenvalue weighted by Crippen LogP contribution is 2.32. The van der Waals surface area contributed by atoms with Gasteiger partial charge in [0, 0.05) is 17.7 Å². The topological polar surface area (TPSA) is 56.8 Å². The lowest BCUT2D eigenvalue weighted by atomic mass is 9.85. The van der Waals surface area contributed by atoms with E-state index in [1.54, 1.807) is 24.3 Å². The summed E-state index contributed by atoms with van der Waals surface area (Å²) in [4.78, 5) is 13.8. The quantitative estimate of drug-likeness (QED) is 0.532. The van der Waals surface area contributed by atoms with Crippen molar-refractivity contribution in [1.29, 1.82) is 0 Å². The molecule has 0 radical (unpaired) electrons. The van der Waals surface area contributed by atoms with Crippen LogP contribution < -0.4 is 23.0 Å². The Hall–Kier alpha value is -2.04. The maximum atomic E-state index is 12.5. The molecule has 1 aliphatic carbocycles. The Morgan fingerprint density at radius 1 is 1.12 bits per heavy atom. The van der Waals surface area contributed by atoms with Crippen LogP contribution in [0.5, 0.6) is 0 Å². The predicted octanol–water partition coefficient (Wildman–Crippen LogP) is -1.37. The molecule has 4 nitrogen and oxygen atoms in total. The lowest BCUT2D eigenvalue weighted by Gasteiger charge is -2.34. The first-order valence-electron chi connectivity index (χ1n) is 8.00. The van der Waals surface area contributed by atoms with E-state index in [0.29, 0.717) is 11.3 Å². The Labute approximate surface area is 149 Å². The van der Waals surface area contributed by atoms with Crippen LogP contribution in [-0.4, -0.2) is 26.1 Å². The van der Waals surface area contributed by atoms with Crippen LogP contribution in [0.4, 0.5) is 5.69 Å². The molecule has 0 aromatic heterocycles. The molecule has 0 saturated carbocycles. The number of nitrogens with two attached hydrogens (primary N) is 1. The number of quaternary nitrogens is 1. The number of aryl methyl sites for hydroxylation is 1. The fraction of sp³-hybridized carbons (Fsp3) is 0.316. The number of rotatable bonds is 3. The number of nitrogens with one attached hydrogen (secondary N) is 1. The van der Waals surface area contributed by atoms with E-state index >= 15 is 0 Å². The van der Waals surface area contributed by atoms with E-state index in [1.165, 1.54) is 10.5 Å². The summed E-state index contributed by atoms with van der Waals surface area (Å²) in [5.41, 5.74) is 9.27. The number of hydrogen-bond acceptors (Lipinski definition) is 3. The van der Waals surface area contributed by atoms with Gasteiger partial charge in [0.1, 0.15) is 6.04 Å². The second-order valence-electron chi connectivity index (χ2n) is 6.37. The van der Waals surface area contributed by atoms with Gasteiger partial charge >= 0.3 is 5.97 Å². The molecule has 0 amide bonds. The van der Waals surface area contributed by atoms with E-state index < -0.39 is 0 Å². The van der Waals surface area contributed by atoms with Crippen LogP contribution >= 0.6 is 0 Å². The van der Waals surface area contributed by atoms with Gasteiger partial charge < -0.3 is 27.8 Å². The number of likely N-dealkylation sites (N-methyl/N-ethyl adjacent to an activating group) is 1. The second-order valence-corrected chi connectivity index (χ2v) is 6.37. The smallest absolute Gasteiger partial charge is 0.338 e. The fourth-order valence-electron chi connectivity index (χ4n) is 3.26. The number of fused-ring (bicyclic) bond motifs is 1. The van der Waals surface area contributed by atoms with Crippen molar-refractivity contribution in [3.05, 3.63) is 65.2 Å². The molecular weight excluding hydrogens is 324 g/mol. The first-order valence-corrected chi connectivity index (χ1v) is 8.00. The second kappa shape index (κ2) is 7.69. The monoisotopic (exact) mass is 346 g/mol. The van der Waals surface area contributed by atoms with Crippen LogP contribution in [0.15, 0.2) is 48.5 Å².